The van der Waals surface area contributed by atoms with Crippen molar-refractivity contribution in [3.8, 4) is 0 Å². The molecule has 6 nitrogen and oxygen atoms in total. The lowest BCUT2D eigenvalue weighted by Gasteiger charge is -2.22. The number of carbonyl (C=O) groups excluding carboxylic acids is 1. The topological polar surface area (TPSA) is 69.7 Å². The van der Waals surface area contributed by atoms with Gasteiger partial charge >= 0.3 is 0 Å². The second-order valence-electron chi connectivity index (χ2n) is 8.13. The van der Waals surface area contributed by atoms with E-state index < -0.39 is 15.8 Å². The molecule has 4 rings (SSSR count). The number of nitrogens with zero attached hydrogens (tertiary/aromatic N) is 2. The summed E-state index contributed by atoms with van der Waals surface area (Å²) in [5, 5.41) is 2.74. The Hall–Kier alpha value is -2.45. The molecule has 8 heteroatoms. The van der Waals surface area contributed by atoms with Crippen molar-refractivity contribution < 1.29 is 17.6 Å². The van der Waals surface area contributed by atoms with E-state index in [4.69, 9.17) is 0 Å². The summed E-state index contributed by atoms with van der Waals surface area (Å²) in [6.07, 6.45) is 4.55. The first-order valence-electron chi connectivity index (χ1n) is 10.9. The van der Waals surface area contributed by atoms with Crippen LogP contribution in [0, 0.1) is 5.82 Å². The maximum Gasteiger partial charge on any atom is 0.243 e. The predicted molar refractivity (Wildman–Crippen MR) is 119 cm³/mol. The molecule has 2 aromatic carbocycles. The number of amides is 1. The van der Waals surface area contributed by atoms with Gasteiger partial charge in [-0.15, -0.1) is 0 Å². The molecule has 0 aliphatic carbocycles. The molecule has 0 spiro atoms. The largest absolute Gasteiger partial charge is 0.370 e. The molecule has 2 saturated heterocycles. The molecule has 0 unspecified atom stereocenters. The highest BCUT2D eigenvalue weighted by Gasteiger charge is 2.27. The molecule has 166 valence electrons. The van der Waals surface area contributed by atoms with Crippen molar-refractivity contribution in [3.63, 3.8) is 0 Å². The quantitative estimate of drug-likeness (QED) is 0.704. The summed E-state index contributed by atoms with van der Waals surface area (Å²) in [6.45, 7) is 2.86. The van der Waals surface area contributed by atoms with E-state index >= 15 is 0 Å². The number of carbonyl (C=O) groups is 1. The van der Waals surface area contributed by atoms with Crippen LogP contribution >= 0.6 is 0 Å². The van der Waals surface area contributed by atoms with Crippen molar-refractivity contribution in [1.29, 1.82) is 0 Å². The molecule has 2 aromatic rings. The van der Waals surface area contributed by atoms with E-state index in [-0.39, 0.29) is 22.9 Å². The Morgan fingerprint density at radius 2 is 1.58 bits per heavy atom. The number of benzene rings is 2. The molecule has 2 aliphatic rings. The third kappa shape index (κ3) is 4.91. The van der Waals surface area contributed by atoms with Crippen LogP contribution in [0.1, 0.15) is 37.7 Å². The monoisotopic (exact) mass is 445 g/mol. The van der Waals surface area contributed by atoms with E-state index in [1.165, 1.54) is 10.4 Å². The van der Waals surface area contributed by atoms with Gasteiger partial charge in [0.15, 0.2) is 0 Å². The highest BCUT2D eigenvalue weighted by molar-refractivity contribution is 7.89. The number of hydrogen-bond acceptors (Lipinski definition) is 4. The highest BCUT2D eigenvalue weighted by atomic mass is 32.2. The maximum atomic E-state index is 14.4. The zero-order chi connectivity index (χ0) is 21.8. The van der Waals surface area contributed by atoms with Gasteiger partial charge in [0, 0.05) is 32.6 Å². The minimum absolute atomic E-state index is 0.187. The van der Waals surface area contributed by atoms with E-state index in [9.17, 15) is 17.6 Å². The summed E-state index contributed by atoms with van der Waals surface area (Å²) < 4.78 is 41.1. The molecule has 0 atom stereocenters. The molecule has 1 amide bonds. The summed E-state index contributed by atoms with van der Waals surface area (Å²) in [4.78, 5) is 14.9. The van der Waals surface area contributed by atoms with Gasteiger partial charge < -0.3 is 10.2 Å². The van der Waals surface area contributed by atoms with Gasteiger partial charge in [0.05, 0.1) is 10.6 Å². The minimum atomic E-state index is -3.44. The standard InChI is InChI=1S/C23H28FN3O3S/c24-20-6-5-7-21(26-14-1-2-15-26)23(20)25-22(28)13-10-18-8-11-19(12-9-18)31(29,30)27-16-3-4-17-27/h5-9,11-12H,1-4,10,13-17H2,(H,25,28). The van der Waals surface area contributed by atoms with E-state index in [0.29, 0.717) is 19.5 Å². The molecular weight excluding hydrogens is 417 g/mol. The molecule has 0 bridgehead atoms. The number of halogens is 1. The Balaban J connectivity index is 1.37. The molecule has 0 radical (unpaired) electrons. The van der Waals surface area contributed by atoms with Crippen LogP contribution in [0.5, 0.6) is 0 Å². The average molecular weight is 446 g/mol. The van der Waals surface area contributed by atoms with Crippen molar-refractivity contribution in [2.45, 2.75) is 43.4 Å². The molecule has 2 fully saturated rings. The molecule has 2 heterocycles. The normalized spacial score (nSPS) is 17.3. The van der Waals surface area contributed by atoms with Crippen LogP contribution in [0.2, 0.25) is 0 Å². The predicted octanol–water partition coefficient (Wildman–Crippen LogP) is 3.78. The summed E-state index contributed by atoms with van der Waals surface area (Å²) in [5.41, 5.74) is 1.83. The smallest absolute Gasteiger partial charge is 0.243 e. The Bertz CT molecular complexity index is 1030. The number of sulfonamides is 1. The van der Waals surface area contributed by atoms with Gasteiger partial charge in [0.1, 0.15) is 11.5 Å². The maximum absolute atomic E-state index is 14.4. The third-order valence-electron chi connectivity index (χ3n) is 5.97. The molecule has 1 N–H and O–H groups in total. The van der Waals surface area contributed by atoms with E-state index in [1.54, 1.807) is 30.3 Å². The minimum Gasteiger partial charge on any atom is -0.370 e. The first kappa shape index (κ1) is 21.8. The first-order chi connectivity index (χ1) is 14.9. The lowest BCUT2D eigenvalue weighted by atomic mass is 10.1. The van der Waals surface area contributed by atoms with Crippen LogP contribution in [0.15, 0.2) is 47.4 Å². The van der Waals surface area contributed by atoms with Gasteiger partial charge in [0.25, 0.3) is 0 Å². The fourth-order valence-corrected chi connectivity index (χ4v) is 5.74. The van der Waals surface area contributed by atoms with Crippen LogP contribution in [-0.4, -0.2) is 44.8 Å². The number of nitrogens with one attached hydrogen (secondary N) is 1. The first-order valence-corrected chi connectivity index (χ1v) is 12.3. The van der Waals surface area contributed by atoms with Gasteiger partial charge in [-0.1, -0.05) is 18.2 Å². The van der Waals surface area contributed by atoms with Crippen molar-refractivity contribution in [1.82, 2.24) is 4.31 Å². The fourth-order valence-electron chi connectivity index (χ4n) is 4.22. The van der Waals surface area contributed by atoms with E-state index in [1.807, 2.05) is 6.07 Å². The Labute approximate surface area is 183 Å². The average Bonchev–Trinajstić information content (AvgIpc) is 3.48. The zero-order valence-corrected chi connectivity index (χ0v) is 18.3. The van der Waals surface area contributed by atoms with Crippen molar-refractivity contribution in [2.24, 2.45) is 0 Å². The van der Waals surface area contributed by atoms with Crippen LogP contribution in [-0.2, 0) is 21.2 Å². The van der Waals surface area contributed by atoms with Crippen LogP contribution in [0.4, 0.5) is 15.8 Å². The lowest BCUT2D eigenvalue weighted by molar-refractivity contribution is -0.116. The van der Waals surface area contributed by atoms with Gasteiger partial charge in [-0.3, -0.25) is 4.79 Å². The fraction of sp³-hybridized carbons (Fsp3) is 0.435. The molecule has 0 aromatic heterocycles. The van der Waals surface area contributed by atoms with E-state index in [2.05, 4.69) is 10.2 Å². The molecule has 2 aliphatic heterocycles. The number of rotatable bonds is 7. The van der Waals surface area contributed by atoms with E-state index in [0.717, 1.165) is 50.0 Å². The van der Waals surface area contributed by atoms with Gasteiger partial charge in [-0.2, -0.15) is 4.31 Å². The lowest BCUT2D eigenvalue weighted by Crippen LogP contribution is -2.27. The van der Waals surface area contributed by atoms with Crippen LogP contribution in [0.25, 0.3) is 0 Å². The van der Waals surface area contributed by atoms with Crippen LogP contribution in [0.3, 0.4) is 0 Å². The van der Waals surface area contributed by atoms with Crippen molar-refractivity contribution in [2.75, 3.05) is 36.4 Å². The Kier molecular flexibility index (Phi) is 6.57. The van der Waals surface area contributed by atoms with Gasteiger partial charge in [-0.05, 0) is 61.9 Å². The summed E-state index contributed by atoms with van der Waals surface area (Å²) in [6, 6.07) is 11.5. The second-order valence-corrected chi connectivity index (χ2v) is 10.1. The Morgan fingerprint density at radius 3 is 2.26 bits per heavy atom. The second kappa shape index (κ2) is 9.36. The number of para-hydroxylation sites is 1. The molecule has 31 heavy (non-hydrogen) atoms. The number of hydrogen-bond donors (Lipinski definition) is 1. The van der Waals surface area contributed by atoms with Gasteiger partial charge in [0.2, 0.25) is 15.9 Å². The summed E-state index contributed by atoms with van der Waals surface area (Å²) in [5.74, 6) is -0.700. The van der Waals surface area contributed by atoms with Crippen LogP contribution < -0.4 is 10.2 Å². The summed E-state index contributed by atoms with van der Waals surface area (Å²) in [7, 11) is -3.44. The Morgan fingerprint density at radius 1 is 0.935 bits per heavy atom. The number of aryl methyl sites for hydroxylation is 1. The van der Waals surface area contributed by atoms with Crippen molar-refractivity contribution in [3.05, 3.63) is 53.8 Å². The SMILES string of the molecule is O=C(CCc1ccc(S(=O)(=O)N2CCCC2)cc1)Nc1c(F)cccc1N1CCCC1. The van der Waals surface area contributed by atoms with Gasteiger partial charge in [-0.25, -0.2) is 12.8 Å². The highest BCUT2D eigenvalue weighted by Crippen LogP contribution is 2.31. The third-order valence-corrected chi connectivity index (χ3v) is 7.88. The molecular formula is C23H28FN3O3S. The molecule has 0 saturated carbocycles. The zero-order valence-electron chi connectivity index (χ0n) is 17.5. The van der Waals surface area contributed by atoms with Crippen molar-refractivity contribution >= 4 is 27.3 Å². The summed E-state index contributed by atoms with van der Waals surface area (Å²) >= 11 is 0. The number of anilines is 2.